The molecular formula is C17H23Cl2N3O. The Morgan fingerprint density at radius 1 is 1.22 bits per heavy atom. The molecule has 0 spiro atoms. The largest absolute Gasteiger partial charge is 0.373 e. The summed E-state index contributed by atoms with van der Waals surface area (Å²) in [6.07, 6.45) is 3.23. The van der Waals surface area contributed by atoms with E-state index < -0.39 is 0 Å². The van der Waals surface area contributed by atoms with Gasteiger partial charge >= 0.3 is 0 Å². The molecule has 126 valence electrons. The Bertz CT molecular complexity index is 555. The van der Waals surface area contributed by atoms with Gasteiger partial charge in [-0.25, -0.2) is 0 Å². The third kappa shape index (κ3) is 3.93. The zero-order chi connectivity index (χ0) is 16.4. The van der Waals surface area contributed by atoms with Gasteiger partial charge in [0.2, 0.25) is 5.91 Å². The third-order valence-electron chi connectivity index (χ3n) is 4.84. The number of amides is 1. The van der Waals surface area contributed by atoms with Gasteiger partial charge in [-0.15, -0.1) is 0 Å². The average Bonchev–Trinajstić information content (AvgIpc) is 2.51. The van der Waals surface area contributed by atoms with Crippen molar-refractivity contribution in [2.75, 3.05) is 25.0 Å². The highest BCUT2D eigenvalue weighted by atomic mass is 35.5. The molecule has 2 aliphatic heterocycles. The van der Waals surface area contributed by atoms with E-state index in [2.05, 4.69) is 22.5 Å². The second-order valence-corrected chi connectivity index (χ2v) is 7.45. The van der Waals surface area contributed by atoms with Gasteiger partial charge in [0.15, 0.2) is 0 Å². The highest BCUT2D eigenvalue weighted by Gasteiger charge is 2.37. The zero-order valence-electron chi connectivity index (χ0n) is 13.3. The van der Waals surface area contributed by atoms with Crippen LogP contribution in [0.1, 0.15) is 26.2 Å². The van der Waals surface area contributed by atoms with Crippen LogP contribution in [0.3, 0.4) is 0 Å². The Labute approximate surface area is 147 Å². The summed E-state index contributed by atoms with van der Waals surface area (Å²) < 4.78 is 0. The van der Waals surface area contributed by atoms with Crippen LogP contribution in [0.15, 0.2) is 18.2 Å². The fourth-order valence-electron chi connectivity index (χ4n) is 3.52. The molecule has 1 amide bonds. The lowest BCUT2D eigenvalue weighted by atomic mass is 9.90. The number of carbonyl (C=O) groups excluding carboxylic acids is 1. The van der Waals surface area contributed by atoms with Gasteiger partial charge in [-0.1, -0.05) is 30.1 Å². The van der Waals surface area contributed by atoms with Crippen LogP contribution in [0.25, 0.3) is 0 Å². The number of carbonyl (C=O) groups is 1. The second kappa shape index (κ2) is 7.29. The predicted molar refractivity (Wildman–Crippen MR) is 95.3 cm³/mol. The Hall–Kier alpha value is -0.970. The Balaban J connectivity index is 1.75. The van der Waals surface area contributed by atoms with Crippen molar-refractivity contribution in [2.24, 2.45) is 5.92 Å². The maximum Gasteiger partial charge on any atom is 0.245 e. The quantitative estimate of drug-likeness (QED) is 0.873. The molecule has 2 saturated heterocycles. The smallest absolute Gasteiger partial charge is 0.245 e. The minimum Gasteiger partial charge on any atom is -0.373 e. The molecule has 2 N–H and O–H groups in total. The van der Waals surface area contributed by atoms with E-state index in [4.69, 9.17) is 23.2 Å². The van der Waals surface area contributed by atoms with Crippen molar-refractivity contribution in [1.29, 1.82) is 0 Å². The number of likely N-dealkylation sites (tertiary alicyclic amines) is 1. The summed E-state index contributed by atoms with van der Waals surface area (Å²) in [5.41, 5.74) is 0.802. The molecular weight excluding hydrogens is 333 g/mol. The summed E-state index contributed by atoms with van der Waals surface area (Å²) in [7, 11) is 0. The fourth-order valence-corrected chi connectivity index (χ4v) is 4.05. The molecule has 6 heteroatoms. The molecule has 0 aliphatic carbocycles. The van der Waals surface area contributed by atoms with Gasteiger partial charge in [0, 0.05) is 34.9 Å². The number of nitrogens with zero attached hydrogens (tertiary/aromatic N) is 1. The molecule has 0 radical (unpaired) electrons. The molecule has 1 aromatic rings. The zero-order valence-corrected chi connectivity index (χ0v) is 14.8. The van der Waals surface area contributed by atoms with E-state index in [1.807, 2.05) is 12.1 Å². The molecule has 3 rings (SSSR count). The van der Waals surface area contributed by atoms with Crippen LogP contribution in [0.5, 0.6) is 0 Å². The van der Waals surface area contributed by atoms with E-state index in [1.54, 1.807) is 6.07 Å². The SMILES string of the molecule is CC1CCN(C2CCCNC2)C(=O)C1Nc1cc(Cl)cc(Cl)c1. The number of rotatable bonds is 3. The molecule has 4 nitrogen and oxygen atoms in total. The summed E-state index contributed by atoms with van der Waals surface area (Å²) in [6, 6.07) is 5.42. The lowest BCUT2D eigenvalue weighted by Crippen LogP contribution is -2.58. The predicted octanol–water partition coefficient (Wildman–Crippen LogP) is 3.39. The van der Waals surface area contributed by atoms with Crippen molar-refractivity contribution in [1.82, 2.24) is 10.2 Å². The monoisotopic (exact) mass is 355 g/mol. The number of benzene rings is 1. The molecule has 2 fully saturated rings. The van der Waals surface area contributed by atoms with Gasteiger partial charge in [-0.05, 0) is 49.9 Å². The average molecular weight is 356 g/mol. The maximum atomic E-state index is 13.0. The van der Waals surface area contributed by atoms with Crippen LogP contribution < -0.4 is 10.6 Å². The van der Waals surface area contributed by atoms with Gasteiger partial charge in [0.05, 0.1) is 0 Å². The highest BCUT2D eigenvalue weighted by molar-refractivity contribution is 6.35. The minimum atomic E-state index is -0.222. The summed E-state index contributed by atoms with van der Waals surface area (Å²) in [5, 5.41) is 7.89. The fraction of sp³-hybridized carbons (Fsp3) is 0.588. The summed E-state index contributed by atoms with van der Waals surface area (Å²) >= 11 is 12.1. The Morgan fingerprint density at radius 3 is 2.61 bits per heavy atom. The minimum absolute atomic E-state index is 0.188. The number of nitrogens with one attached hydrogen (secondary N) is 2. The van der Waals surface area contributed by atoms with E-state index in [1.165, 1.54) is 0 Å². The molecule has 3 unspecified atom stereocenters. The topological polar surface area (TPSA) is 44.4 Å². The van der Waals surface area contributed by atoms with Crippen LogP contribution in [-0.4, -0.2) is 42.5 Å². The first-order chi connectivity index (χ1) is 11.0. The van der Waals surface area contributed by atoms with Crippen LogP contribution in [0.4, 0.5) is 5.69 Å². The van der Waals surface area contributed by atoms with Crippen LogP contribution in [0.2, 0.25) is 10.0 Å². The van der Waals surface area contributed by atoms with Gasteiger partial charge < -0.3 is 15.5 Å². The molecule has 3 atom stereocenters. The number of hydrogen-bond acceptors (Lipinski definition) is 3. The molecule has 0 bridgehead atoms. The number of hydrogen-bond donors (Lipinski definition) is 2. The number of anilines is 1. The maximum absolute atomic E-state index is 13.0. The van der Waals surface area contributed by atoms with Gasteiger partial charge in [-0.2, -0.15) is 0 Å². The van der Waals surface area contributed by atoms with Crippen LogP contribution in [-0.2, 0) is 4.79 Å². The van der Waals surface area contributed by atoms with Crippen molar-refractivity contribution in [3.8, 4) is 0 Å². The third-order valence-corrected chi connectivity index (χ3v) is 5.28. The van der Waals surface area contributed by atoms with Crippen molar-refractivity contribution < 1.29 is 4.79 Å². The van der Waals surface area contributed by atoms with Crippen molar-refractivity contribution >= 4 is 34.8 Å². The molecule has 0 aromatic heterocycles. The van der Waals surface area contributed by atoms with Crippen LogP contribution in [0, 0.1) is 5.92 Å². The molecule has 0 saturated carbocycles. The van der Waals surface area contributed by atoms with Crippen molar-refractivity contribution in [3.05, 3.63) is 28.2 Å². The van der Waals surface area contributed by atoms with Crippen molar-refractivity contribution in [3.63, 3.8) is 0 Å². The Morgan fingerprint density at radius 2 is 1.96 bits per heavy atom. The normalized spacial score (nSPS) is 28.7. The Kier molecular flexibility index (Phi) is 5.34. The number of halogens is 2. The number of piperidine rings is 2. The van der Waals surface area contributed by atoms with Gasteiger partial charge in [0.1, 0.15) is 6.04 Å². The van der Waals surface area contributed by atoms with Gasteiger partial charge in [-0.3, -0.25) is 4.79 Å². The van der Waals surface area contributed by atoms with E-state index >= 15 is 0 Å². The second-order valence-electron chi connectivity index (χ2n) is 6.58. The molecule has 2 heterocycles. The lowest BCUT2D eigenvalue weighted by molar-refractivity contribution is -0.139. The summed E-state index contributed by atoms with van der Waals surface area (Å²) in [5.74, 6) is 0.474. The summed E-state index contributed by atoms with van der Waals surface area (Å²) in [4.78, 5) is 15.0. The summed E-state index contributed by atoms with van der Waals surface area (Å²) in [6.45, 7) is 4.92. The highest BCUT2D eigenvalue weighted by Crippen LogP contribution is 2.28. The standard InChI is InChI=1S/C17H23Cl2N3O/c1-11-4-6-22(15-3-2-5-20-10-15)17(23)16(11)21-14-8-12(18)7-13(19)9-14/h7-9,11,15-16,20-21H,2-6,10H2,1H3. The lowest BCUT2D eigenvalue weighted by Gasteiger charge is -2.42. The van der Waals surface area contributed by atoms with E-state index in [-0.39, 0.29) is 17.9 Å². The first kappa shape index (κ1) is 16.9. The van der Waals surface area contributed by atoms with Crippen LogP contribution >= 0.6 is 23.2 Å². The first-order valence-electron chi connectivity index (χ1n) is 8.28. The first-order valence-corrected chi connectivity index (χ1v) is 9.04. The molecule has 2 aliphatic rings. The molecule has 23 heavy (non-hydrogen) atoms. The molecule has 1 aromatic carbocycles. The van der Waals surface area contributed by atoms with E-state index in [9.17, 15) is 4.79 Å². The van der Waals surface area contributed by atoms with E-state index in [0.29, 0.717) is 16.1 Å². The van der Waals surface area contributed by atoms with Gasteiger partial charge in [0.25, 0.3) is 0 Å². The van der Waals surface area contributed by atoms with E-state index in [0.717, 1.165) is 44.6 Å². The van der Waals surface area contributed by atoms with Crippen molar-refractivity contribution in [2.45, 2.75) is 38.3 Å².